The zero-order valence-corrected chi connectivity index (χ0v) is 8.80. The molecular weight excluding hydrogens is 179 g/mol. The molecule has 1 aromatic carbocycles. The van der Waals surface area contributed by atoms with Crippen molar-refractivity contribution in [1.82, 2.24) is 0 Å². The van der Waals surface area contributed by atoms with E-state index in [2.05, 4.69) is 20.8 Å². The number of benzene rings is 1. The van der Waals surface area contributed by atoms with Gasteiger partial charge in [0.05, 0.1) is 0 Å². The number of fused-ring (bicyclic) bond motifs is 1. The van der Waals surface area contributed by atoms with Gasteiger partial charge in [0, 0.05) is 5.56 Å². The van der Waals surface area contributed by atoms with E-state index in [1.807, 2.05) is 0 Å². The van der Waals surface area contributed by atoms with E-state index in [9.17, 15) is 4.39 Å². The van der Waals surface area contributed by atoms with Crippen molar-refractivity contribution in [2.45, 2.75) is 38.7 Å². The molecule has 0 radical (unpaired) electrons. The van der Waals surface area contributed by atoms with Crippen LogP contribution in [0.4, 0.5) is 4.39 Å². The van der Waals surface area contributed by atoms with Crippen LogP contribution in [0.25, 0.3) is 0 Å². The van der Waals surface area contributed by atoms with E-state index < -0.39 is 0 Å². The summed E-state index contributed by atoms with van der Waals surface area (Å²) in [5, 5.41) is 0. The highest BCUT2D eigenvalue weighted by molar-refractivity contribution is 5.39. The van der Waals surface area contributed by atoms with Crippen LogP contribution in [0, 0.1) is 5.82 Å². The Morgan fingerprint density at radius 1 is 1.43 bits per heavy atom. The maximum atomic E-state index is 13.0. The Labute approximate surface area is 83.9 Å². The Bertz CT molecular complexity index is 357. The van der Waals surface area contributed by atoms with Crippen LogP contribution >= 0.6 is 0 Å². The maximum Gasteiger partial charge on any atom is 0.123 e. The maximum absolute atomic E-state index is 13.0. The number of rotatable bonds is 0. The first kappa shape index (κ1) is 9.50. The van der Waals surface area contributed by atoms with Gasteiger partial charge in [0.15, 0.2) is 0 Å². The van der Waals surface area contributed by atoms with Gasteiger partial charge >= 0.3 is 0 Å². The zero-order chi connectivity index (χ0) is 10.3. The van der Waals surface area contributed by atoms with Crippen molar-refractivity contribution in [3.63, 3.8) is 0 Å². The minimum absolute atomic E-state index is 0.135. The molecule has 0 amide bonds. The summed E-state index contributed by atoms with van der Waals surface area (Å²) >= 11 is 0. The van der Waals surface area contributed by atoms with Gasteiger partial charge in [-0.05, 0) is 44.4 Å². The van der Waals surface area contributed by atoms with E-state index in [0.29, 0.717) is 5.92 Å². The SMILES string of the molecule is CC1CC(C)(C)Oc2ccc(F)cc21. The minimum atomic E-state index is -0.182. The van der Waals surface area contributed by atoms with Gasteiger partial charge in [0.2, 0.25) is 0 Å². The summed E-state index contributed by atoms with van der Waals surface area (Å²) in [5.41, 5.74) is 0.855. The van der Waals surface area contributed by atoms with Crippen LogP contribution in [0.1, 0.15) is 38.7 Å². The van der Waals surface area contributed by atoms with Crippen LogP contribution in [0.3, 0.4) is 0 Å². The standard InChI is InChI=1S/C12H15FO/c1-8-7-12(2,3)14-11-5-4-9(13)6-10(8)11/h4-6,8H,7H2,1-3H3. The summed E-state index contributed by atoms with van der Waals surface area (Å²) in [6, 6.07) is 4.75. The monoisotopic (exact) mass is 194 g/mol. The minimum Gasteiger partial charge on any atom is -0.488 e. The highest BCUT2D eigenvalue weighted by Crippen LogP contribution is 2.40. The van der Waals surface area contributed by atoms with E-state index in [1.54, 1.807) is 12.1 Å². The van der Waals surface area contributed by atoms with E-state index >= 15 is 0 Å². The van der Waals surface area contributed by atoms with Crippen LogP contribution in [-0.4, -0.2) is 5.60 Å². The van der Waals surface area contributed by atoms with Crippen LogP contribution in [0.15, 0.2) is 18.2 Å². The molecule has 1 atom stereocenters. The molecule has 0 fully saturated rings. The lowest BCUT2D eigenvalue weighted by Crippen LogP contribution is -2.34. The molecule has 1 aromatic rings. The molecule has 0 aromatic heterocycles. The lowest BCUT2D eigenvalue weighted by molar-refractivity contribution is 0.0744. The van der Waals surface area contributed by atoms with Gasteiger partial charge in [-0.2, -0.15) is 0 Å². The predicted molar refractivity (Wildman–Crippen MR) is 54.1 cm³/mol. The topological polar surface area (TPSA) is 9.23 Å². The summed E-state index contributed by atoms with van der Waals surface area (Å²) in [4.78, 5) is 0. The zero-order valence-electron chi connectivity index (χ0n) is 8.80. The molecule has 0 bridgehead atoms. The van der Waals surface area contributed by atoms with Gasteiger partial charge in [-0.3, -0.25) is 0 Å². The molecule has 1 aliphatic rings. The second kappa shape index (κ2) is 2.97. The molecule has 76 valence electrons. The molecule has 0 spiro atoms. The smallest absolute Gasteiger partial charge is 0.123 e. The highest BCUT2D eigenvalue weighted by atomic mass is 19.1. The van der Waals surface area contributed by atoms with Gasteiger partial charge in [0.25, 0.3) is 0 Å². The molecule has 1 nitrogen and oxygen atoms in total. The fourth-order valence-corrected chi connectivity index (χ4v) is 2.18. The van der Waals surface area contributed by atoms with Crippen molar-refractivity contribution in [3.05, 3.63) is 29.6 Å². The van der Waals surface area contributed by atoms with Crippen LogP contribution in [-0.2, 0) is 0 Å². The van der Waals surface area contributed by atoms with Crippen molar-refractivity contribution < 1.29 is 9.13 Å². The Kier molecular flexibility index (Phi) is 2.02. The molecule has 1 aliphatic heterocycles. The average molecular weight is 194 g/mol. The molecule has 2 rings (SSSR count). The molecule has 0 saturated carbocycles. The third kappa shape index (κ3) is 1.61. The third-order valence-corrected chi connectivity index (χ3v) is 2.69. The number of halogens is 1. The van der Waals surface area contributed by atoms with Crippen molar-refractivity contribution in [3.8, 4) is 5.75 Å². The summed E-state index contributed by atoms with van der Waals surface area (Å²) in [7, 11) is 0. The van der Waals surface area contributed by atoms with Crippen LogP contribution in [0.5, 0.6) is 5.75 Å². The predicted octanol–water partition coefficient (Wildman–Crippen LogP) is 3.49. The molecule has 0 saturated heterocycles. The first-order valence-electron chi connectivity index (χ1n) is 4.96. The molecule has 1 unspecified atom stereocenters. The Morgan fingerprint density at radius 2 is 2.14 bits per heavy atom. The molecular formula is C12H15FO. The largest absolute Gasteiger partial charge is 0.488 e. The molecule has 14 heavy (non-hydrogen) atoms. The lowest BCUT2D eigenvalue weighted by atomic mass is 9.86. The summed E-state index contributed by atoms with van der Waals surface area (Å²) in [6.45, 7) is 6.24. The second-order valence-electron chi connectivity index (χ2n) is 4.65. The van der Waals surface area contributed by atoms with E-state index in [0.717, 1.165) is 17.7 Å². The van der Waals surface area contributed by atoms with Gasteiger partial charge in [-0.1, -0.05) is 6.92 Å². The average Bonchev–Trinajstić information content (AvgIpc) is 2.05. The van der Waals surface area contributed by atoms with Crippen molar-refractivity contribution in [1.29, 1.82) is 0 Å². The fourth-order valence-electron chi connectivity index (χ4n) is 2.18. The quantitative estimate of drug-likeness (QED) is 0.614. The van der Waals surface area contributed by atoms with Crippen LogP contribution < -0.4 is 4.74 Å². The van der Waals surface area contributed by atoms with Gasteiger partial charge in [-0.15, -0.1) is 0 Å². The molecule has 0 aliphatic carbocycles. The number of hydrogen-bond acceptors (Lipinski definition) is 1. The fraction of sp³-hybridized carbons (Fsp3) is 0.500. The van der Waals surface area contributed by atoms with E-state index in [4.69, 9.17) is 4.74 Å². The third-order valence-electron chi connectivity index (χ3n) is 2.69. The molecule has 2 heteroatoms. The van der Waals surface area contributed by atoms with Crippen LogP contribution in [0.2, 0.25) is 0 Å². The van der Waals surface area contributed by atoms with Gasteiger partial charge in [0.1, 0.15) is 17.2 Å². The first-order chi connectivity index (χ1) is 6.48. The van der Waals surface area contributed by atoms with E-state index in [1.165, 1.54) is 6.07 Å². The Balaban J connectivity index is 2.45. The second-order valence-corrected chi connectivity index (χ2v) is 4.65. The first-order valence-corrected chi connectivity index (χ1v) is 4.96. The molecule has 0 N–H and O–H groups in total. The van der Waals surface area contributed by atoms with Crippen molar-refractivity contribution in [2.24, 2.45) is 0 Å². The Morgan fingerprint density at radius 3 is 2.86 bits per heavy atom. The van der Waals surface area contributed by atoms with Crippen molar-refractivity contribution >= 4 is 0 Å². The van der Waals surface area contributed by atoms with Gasteiger partial charge < -0.3 is 4.74 Å². The van der Waals surface area contributed by atoms with E-state index in [-0.39, 0.29) is 11.4 Å². The molecule has 1 heterocycles. The van der Waals surface area contributed by atoms with Crippen molar-refractivity contribution in [2.75, 3.05) is 0 Å². The normalized spacial score (nSPS) is 23.9. The van der Waals surface area contributed by atoms with Gasteiger partial charge in [-0.25, -0.2) is 4.39 Å². The summed E-state index contributed by atoms with van der Waals surface area (Å²) in [6.07, 6.45) is 0.934. The summed E-state index contributed by atoms with van der Waals surface area (Å²) in [5.74, 6) is 1.01. The highest BCUT2D eigenvalue weighted by Gasteiger charge is 2.31. The number of hydrogen-bond donors (Lipinski definition) is 0. The number of ether oxygens (including phenoxy) is 1. The lowest BCUT2D eigenvalue weighted by Gasteiger charge is -2.36. The summed E-state index contributed by atoms with van der Waals surface area (Å²) < 4.78 is 18.8. The Hall–Kier alpha value is -1.05.